The molecule has 0 saturated heterocycles. The van der Waals surface area contributed by atoms with Crippen LogP contribution >= 0.6 is 12.2 Å². The van der Waals surface area contributed by atoms with E-state index in [0.717, 1.165) is 17.1 Å². The fourth-order valence-electron chi connectivity index (χ4n) is 2.09. The van der Waals surface area contributed by atoms with E-state index in [2.05, 4.69) is 41.2 Å². The van der Waals surface area contributed by atoms with E-state index >= 15 is 0 Å². The van der Waals surface area contributed by atoms with Gasteiger partial charge in [-0.3, -0.25) is 14.6 Å². The summed E-state index contributed by atoms with van der Waals surface area (Å²) in [5.41, 5.74) is 4.42. The summed E-state index contributed by atoms with van der Waals surface area (Å²) in [6.07, 6.45) is 3.52. The van der Waals surface area contributed by atoms with Gasteiger partial charge in [-0.1, -0.05) is 6.07 Å². The van der Waals surface area contributed by atoms with E-state index in [1.54, 1.807) is 12.4 Å². The van der Waals surface area contributed by atoms with Crippen LogP contribution in [0.2, 0.25) is 0 Å². The molecule has 0 amide bonds. The Kier molecular flexibility index (Phi) is 3.20. The van der Waals surface area contributed by atoms with E-state index in [9.17, 15) is 0 Å². The summed E-state index contributed by atoms with van der Waals surface area (Å²) < 4.78 is 2.51. The van der Waals surface area contributed by atoms with Gasteiger partial charge in [-0.15, -0.1) is 0 Å². The Bertz CT molecular complexity index is 802. The summed E-state index contributed by atoms with van der Waals surface area (Å²) in [5.74, 6) is 0.770. The molecule has 1 N–H and O–H groups in total. The predicted molar refractivity (Wildman–Crippen MR) is 81.5 cm³/mol. The van der Waals surface area contributed by atoms with Gasteiger partial charge in [-0.25, -0.2) is 0 Å². The molecule has 0 aliphatic heterocycles. The van der Waals surface area contributed by atoms with Crippen LogP contribution in [0.5, 0.6) is 0 Å². The van der Waals surface area contributed by atoms with Gasteiger partial charge >= 0.3 is 0 Å². The standard InChI is InChI=1S/C15H14N4S/c1-10-5-6-13(8-11(10)2)19-14(17-18-15(19)20)12-4-3-7-16-9-12/h3-9H,1-2H3,(H,18,20). The number of pyridine rings is 1. The summed E-state index contributed by atoms with van der Waals surface area (Å²) in [5, 5.41) is 7.18. The van der Waals surface area contributed by atoms with Crippen LogP contribution in [0, 0.1) is 18.6 Å². The van der Waals surface area contributed by atoms with Gasteiger partial charge in [0.2, 0.25) is 0 Å². The van der Waals surface area contributed by atoms with E-state index in [-0.39, 0.29) is 0 Å². The Hall–Kier alpha value is -2.27. The first-order chi connectivity index (χ1) is 9.66. The van der Waals surface area contributed by atoms with Crippen LogP contribution in [0.1, 0.15) is 11.1 Å². The monoisotopic (exact) mass is 282 g/mol. The minimum Gasteiger partial charge on any atom is -0.268 e. The van der Waals surface area contributed by atoms with Crippen molar-refractivity contribution in [3.05, 3.63) is 58.6 Å². The molecule has 5 heteroatoms. The van der Waals surface area contributed by atoms with Crippen molar-refractivity contribution in [2.75, 3.05) is 0 Å². The second kappa shape index (κ2) is 5.02. The van der Waals surface area contributed by atoms with Gasteiger partial charge in [0.05, 0.1) is 5.69 Å². The Labute approximate surface area is 122 Å². The number of hydrogen-bond acceptors (Lipinski definition) is 3. The van der Waals surface area contributed by atoms with Gasteiger partial charge in [-0.2, -0.15) is 5.10 Å². The van der Waals surface area contributed by atoms with Crippen LogP contribution in [0.3, 0.4) is 0 Å². The van der Waals surface area contributed by atoms with Crippen molar-refractivity contribution in [3.8, 4) is 17.1 Å². The maximum Gasteiger partial charge on any atom is 0.200 e. The number of rotatable bonds is 2. The molecule has 0 saturated carbocycles. The molecular formula is C15H14N4S. The van der Waals surface area contributed by atoms with Crippen molar-refractivity contribution in [2.24, 2.45) is 0 Å². The van der Waals surface area contributed by atoms with Crippen molar-refractivity contribution in [1.29, 1.82) is 0 Å². The van der Waals surface area contributed by atoms with E-state index in [4.69, 9.17) is 12.2 Å². The third-order valence-corrected chi connectivity index (χ3v) is 3.61. The highest BCUT2D eigenvalue weighted by atomic mass is 32.1. The molecule has 2 aromatic heterocycles. The van der Waals surface area contributed by atoms with Crippen molar-refractivity contribution in [2.45, 2.75) is 13.8 Å². The molecule has 0 atom stereocenters. The molecule has 0 aliphatic carbocycles. The lowest BCUT2D eigenvalue weighted by Gasteiger charge is -2.09. The van der Waals surface area contributed by atoms with Crippen molar-refractivity contribution in [3.63, 3.8) is 0 Å². The molecule has 0 aliphatic rings. The molecule has 100 valence electrons. The maximum absolute atomic E-state index is 5.36. The molecule has 0 fully saturated rings. The second-order valence-electron chi connectivity index (χ2n) is 4.70. The van der Waals surface area contributed by atoms with Crippen LogP contribution < -0.4 is 0 Å². The Morgan fingerprint density at radius 2 is 2.00 bits per heavy atom. The minimum atomic E-state index is 0.576. The Balaban J connectivity index is 2.22. The van der Waals surface area contributed by atoms with Crippen LogP contribution in [0.4, 0.5) is 0 Å². The predicted octanol–water partition coefficient (Wildman–Crippen LogP) is 3.61. The number of hydrogen-bond donors (Lipinski definition) is 1. The van der Waals surface area contributed by atoms with Crippen LogP contribution in [0.15, 0.2) is 42.7 Å². The van der Waals surface area contributed by atoms with Crippen LogP contribution in [-0.2, 0) is 0 Å². The molecule has 0 bridgehead atoms. The Morgan fingerprint density at radius 1 is 1.15 bits per heavy atom. The third kappa shape index (κ3) is 2.16. The molecule has 1 aromatic carbocycles. The molecule has 0 spiro atoms. The van der Waals surface area contributed by atoms with E-state index < -0.39 is 0 Å². The van der Waals surface area contributed by atoms with Gasteiger partial charge in [-0.05, 0) is 61.5 Å². The highest BCUT2D eigenvalue weighted by Gasteiger charge is 2.11. The zero-order valence-electron chi connectivity index (χ0n) is 11.3. The third-order valence-electron chi connectivity index (χ3n) is 3.34. The van der Waals surface area contributed by atoms with E-state index in [1.807, 2.05) is 22.8 Å². The lowest BCUT2D eigenvalue weighted by Crippen LogP contribution is -1.99. The topological polar surface area (TPSA) is 46.5 Å². The number of aryl methyl sites for hydroxylation is 2. The molecule has 3 aromatic rings. The van der Waals surface area contributed by atoms with Gasteiger partial charge in [0.15, 0.2) is 10.6 Å². The van der Waals surface area contributed by atoms with Crippen LogP contribution in [-0.4, -0.2) is 19.7 Å². The summed E-state index contributed by atoms with van der Waals surface area (Å²) in [6, 6.07) is 10.1. The van der Waals surface area contributed by atoms with Gasteiger partial charge < -0.3 is 0 Å². The zero-order chi connectivity index (χ0) is 14.1. The highest BCUT2D eigenvalue weighted by Crippen LogP contribution is 2.22. The maximum atomic E-state index is 5.36. The highest BCUT2D eigenvalue weighted by molar-refractivity contribution is 7.71. The minimum absolute atomic E-state index is 0.576. The van der Waals surface area contributed by atoms with Gasteiger partial charge in [0.25, 0.3) is 0 Å². The fraction of sp³-hybridized carbons (Fsp3) is 0.133. The lowest BCUT2D eigenvalue weighted by molar-refractivity contribution is 1.03. The van der Waals surface area contributed by atoms with E-state index in [0.29, 0.717) is 4.77 Å². The first kappa shape index (κ1) is 12.7. The molecule has 20 heavy (non-hydrogen) atoms. The summed E-state index contributed by atoms with van der Waals surface area (Å²) in [7, 11) is 0. The molecule has 0 unspecified atom stereocenters. The number of nitrogens with zero attached hydrogens (tertiary/aromatic N) is 3. The number of benzene rings is 1. The summed E-state index contributed by atoms with van der Waals surface area (Å²) in [4.78, 5) is 4.14. The lowest BCUT2D eigenvalue weighted by atomic mass is 10.1. The number of aromatic amines is 1. The summed E-state index contributed by atoms with van der Waals surface area (Å²) in [6.45, 7) is 4.18. The number of nitrogens with one attached hydrogen (secondary N) is 1. The second-order valence-corrected chi connectivity index (χ2v) is 5.08. The zero-order valence-corrected chi connectivity index (χ0v) is 12.1. The average molecular weight is 282 g/mol. The molecule has 2 heterocycles. The largest absolute Gasteiger partial charge is 0.268 e. The normalized spacial score (nSPS) is 10.7. The van der Waals surface area contributed by atoms with Gasteiger partial charge in [0, 0.05) is 18.0 Å². The molecule has 0 radical (unpaired) electrons. The molecule has 3 rings (SSSR count). The van der Waals surface area contributed by atoms with Gasteiger partial charge in [0.1, 0.15) is 0 Å². The summed E-state index contributed by atoms with van der Waals surface area (Å²) >= 11 is 5.36. The SMILES string of the molecule is Cc1ccc(-n2c(-c3cccnc3)n[nH]c2=S)cc1C. The van der Waals surface area contributed by atoms with Crippen LogP contribution in [0.25, 0.3) is 17.1 Å². The first-order valence-electron chi connectivity index (χ1n) is 6.32. The average Bonchev–Trinajstić information content (AvgIpc) is 2.85. The number of H-pyrrole nitrogens is 1. The van der Waals surface area contributed by atoms with Crippen molar-refractivity contribution in [1.82, 2.24) is 19.7 Å². The quantitative estimate of drug-likeness (QED) is 0.730. The Morgan fingerprint density at radius 3 is 2.70 bits per heavy atom. The molecule has 4 nitrogen and oxygen atoms in total. The number of aromatic nitrogens is 4. The van der Waals surface area contributed by atoms with E-state index in [1.165, 1.54) is 11.1 Å². The fourth-order valence-corrected chi connectivity index (χ4v) is 2.33. The smallest absolute Gasteiger partial charge is 0.200 e. The van der Waals surface area contributed by atoms with Crippen molar-refractivity contribution >= 4 is 12.2 Å². The van der Waals surface area contributed by atoms with Crippen molar-refractivity contribution < 1.29 is 0 Å². The first-order valence-corrected chi connectivity index (χ1v) is 6.73. The molecular weight excluding hydrogens is 268 g/mol.